The fraction of sp³-hybridized carbons (Fsp3) is 0.800. The van der Waals surface area contributed by atoms with Gasteiger partial charge in [0, 0.05) is 18.3 Å². The number of fused-ring (bicyclic) bond motifs is 1. The van der Waals surface area contributed by atoms with Gasteiger partial charge in [0.05, 0.1) is 0 Å². The molecule has 0 aromatic heterocycles. The molecule has 3 atom stereocenters. The van der Waals surface area contributed by atoms with E-state index in [1.807, 2.05) is 7.85 Å². The fourth-order valence-electron chi connectivity index (χ4n) is 3.06. The Morgan fingerprint density at radius 3 is 2.77 bits per heavy atom. The number of hydrogen-bond donors (Lipinski definition) is 0. The van der Waals surface area contributed by atoms with Crippen LogP contribution in [0.2, 0.25) is 5.82 Å². The topological polar surface area (TPSA) is 34.1 Å². The molecule has 0 saturated heterocycles. The maximum absolute atomic E-state index is 11.7. The number of rotatable bonds is 0. The van der Waals surface area contributed by atoms with Gasteiger partial charge in [0.15, 0.2) is 0 Å². The number of Topliss-reactive ketones (excluding diaryl/α,β-unsaturated/α-hetero) is 2. The molecule has 2 nitrogen and oxygen atoms in total. The molecule has 0 spiro atoms. The lowest BCUT2D eigenvalue weighted by Gasteiger charge is -2.38. The predicted molar refractivity (Wildman–Crippen MR) is 52.4 cm³/mol. The van der Waals surface area contributed by atoms with Gasteiger partial charge in [-0.2, -0.15) is 0 Å². The lowest BCUT2D eigenvalue weighted by molar-refractivity contribution is -0.131. The van der Waals surface area contributed by atoms with Crippen molar-refractivity contribution < 1.29 is 9.59 Å². The summed E-state index contributed by atoms with van der Waals surface area (Å²) >= 11 is 0. The molecule has 2 aliphatic carbocycles. The highest BCUT2D eigenvalue weighted by atomic mass is 16.1. The molecule has 0 aromatic carbocycles. The standard InChI is InChI=1S/C10H15BO2/c1-10-5-4-7(12)9(11)6(10)2-3-8(10)13/h6,9H,2-5,11H2,1H3/t6-,9-,10-/m0/s1. The average molecular weight is 178 g/mol. The third-order valence-corrected chi connectivity index (χ3v) is 4.14. The van der Waals surface area contributed by atoms with E-state index in [9.17, 15) is 9.59 Å². The molecular weight excluding hydrogens is 163 g/mol. The Kier molecular flexibility index (Phi) is 1.86. The summed E-state index contributed by atoms with van der Waals surface area (Å²) in [6.07, 6.45) is 3.03. The zero-order valence-corrected chi connectivity index (χ0v) is 8.30. The molecule has 0 aromatic rings. The van der Waals surface area contributed by atoms with E-state index in [1.54, 1.807) is 0 Å². The molecule has 2 saturated carbocycles. The molecule has 0 radical (unpaired) electrons. The molecule has 0 aliphatic heterocycles. The van der Waals surface area contributed by atoms with Crippen LogP contribution in [0, 0.1) is 11.3 Å². The van der Waals surface area contributed by atoms with Crippen LogP contribution in [0.1, 0.15) is 32.6 Å². The monoisotopic (exact) mass is 178 g/mol. The van der Waals surface area contributed by atoms with E-state index in [4.69, 9.17) is 0 Å². The third-order valence-electron chi connectivity index (χ3n) is 4.14. The summed E-state index contributed by atoms with van der Waals surface area (Å²) in [6.45, 7) is 2.05. The van der Waals surface area contributed by atoms with Crippen LogP contribution in [-0.4, -0.2) is 19.4 Å². The Labute approximate surface area is 79.5 Å². The Morgan fingerprint density at radius 2 is 2.08 bits per heavy atom. The second kappa shape index (κ2) is 2.69. The molecule has 0 unspecified atom stereocenters. The quantitative estimate of drug-likeness (QED) is 0.513. The summed E-state index contributed by atoms with van der Waals surface area (Å²) in [7, 11) is 1.99. The van der Waals surface area contributed by atoms with E-state index >= 15 is 0 Å². The maximum atomic E-state index is 11.7. The van der Waals surface area contributed by atoms with Crippen LogP contribution in [-0.2, 0) is 9.59 Å². The molecule has 0 N–H and O–H groups in total. The summed E-state index contributed by atoms with van der Waals surface area (Å²) in [5.41, 5.74) is -0.159. The van der Waals surface area contributed by atoms with Crippen LogP contribution in [0.25, 0.3) is 0 Å². The summed E-state index contributed by atoms with van der Waals surface area (Å²) in [4.78, 5) is 23.1. The van der Waals surface area contributed by atoms with Gasteiger partial charge in [-0.15, -0.1) is 0 Å². The van der Waals surface area contributed by atoms with Crippen molar-refractivity contribution in [3.8, 4) is 0 Å². The fourth-order valence-corrected chi connectivity index (χ4v) is 3.06. The van der Waals surface area contributed by atoms with Crippen molar-refractivity contribution in [3.63, 3.8) is 0 Å². The number of carbonyl (C=O) groups is 2. The van der Waals surface area contributed by atoms with Gasteiger partial charge in [-0.05, 0) is 24.6 Å². The van der Waals surface area contributed by atoms with Crippen LogP contribution in [0.5, 0.6) is 0 Å². The van der Waals surface area contributed by atoms with Crippen molar-refractivity contribution in [1.82, 2.24) is 0 Å². The highest BCUT2D eigenvalue weighted by Gasteiger charge is 2.51. The Bertz CT molecular complexity index is 274. The molecule has 3 heteroatoms. The summed E-state index contributed by atoms with van der Waals surface area (Å²) in [5.74, 6) is 1.19. The average Bonchev–Trinajstić information content (AvgIpc) is 2.39. The maximum Gasteiger partial charge on any atom is 0.139 e. The number of carbonyl (C=O) groups excluding carboxylic acids is 2. The molecule has 70 valence electrons. The van der Waals surface area contributed by atoms with Crippen molar-refractivity contribution in [3.05, 3.63) is 0 Å². The molecule has 0 bridgehead atoms. The van der Waals surface area contributed by atoms with E-state index in [1.165, 1.54) is 0 Å². The van der Waals surface area contributed by atoms with Crippen molar-refractivity contribution in [1.29, 1.82) is 0 Å². The van der Waals surface area contributed by atoms with Crippen molar-refractivity contribution in [2.45, 2.75) is 38.4 Å². The molecule has 0 amide bonds. The minimum absolute atomic E-state index is 0.116. The highest BCUT2D eigenvalue weighted by Crippen LogP contribution is 2.52. The van der Waals surface area contributed by atoms with E-state index in [-0.39, 0.29) is 11.2 Å². The zero-order chi connectivity index (χ0) is 9.64. The van der Waals surface area contributed by atoms with Gasteiger partial charge >= 0.3 is 0 Å². The second-order valence-electron chi connectivity index (χ2n) is 4.74. The zero-order valence-electron chi connectivity index (χ0n) is 8.30. The smallest absolute Gasteiger partial charge is 0.139 e. The minimum atomic E-state index is -0.159. The molecule has 13 heavy (non-hydrogen) atoms. The van der Waals surface area contributed by atoms with Crippen molar-refractivity contribution in [2.24, 2.45) is 11.3 Å². The Balaban J connectivity index is 2.31. The first-order valence-electron chi connectivity index (χ1n) is 5.12. The lowest BCUT2D eigenvalue weighted by atomic mass is 9.57. The van der Waals surface area contributed by atoms with E-state index in [2.05, 4.69) is 6.92 Å². The molecular formula is C10H15BO2. The summed E-state index contributed by atoms with van der Waals surface area (Å²) < 4.78 is 0. The third kappa shape index (κ3) is 1.09. The lowest BCUT2D eigenvalue weighted by Crippen LogP contribution is -2.39. The van der Waals surface area contributed by atoms with Gasteiger partial charge in [-0.1, -0.05) is 6.92 Å². The molecule has 2 fully saturated rings. The first-order chi connectivity index (χ1) is 6.05. The van der Waals surface area contributed by atoms with Crippen molar-refractivity contribution in [2.75, 3.05) is 0 Å². The number of ketones is 2. The van der Waals surface area contributed by atoms with E-state index in [0.717, 1.165) is 12.8 Å². The van der Waals surface area contributed by atoms with Crippen LogP contribution in [0.3, 0.4) is 0 Å². The summed E-state index contributed by atoms with van der Waals surface area (Å²) in [5, 5.41) is 0. The largest absolute Gasteiger partial charge is 0.300 e. The first kappa shape index (κ1) is 8.98. The highest BCUT2D eigenvalue weighted by molar-refractivity contribution is 6.25. The normalized spacial score (nSPS) is 45.0. The number of hydrogen-bond acceptors (Lipinski definition) is 2. The SMILES string of the molecule is B[C@@H]1C(=O)CC[C@]2(C)C(=O)CC[C@@H]12. The second-order valence-corrected chi connectivity index (χ2v) is 4.74. The van der Waals surface area contributed by atoms with Gasteiger partial charge < -0.3 is 4.79 Å². The Hall–Kier alpha value is -0.595. The van der Waals surface area contributed by atoms with E-state index < -0.39 is 0 Å². The predicted octanol–water partition coefficient (Wildman–Crippen LogP) is 0.756. The molecule has 2 rings (SSSR count). The van der Waals surface area contributed by atoms with Crippen LogP contribution in [0.4, 0.5) is 0 Å². The minimum Gasteiger partial charge on any atom is -0.300 e. The van der Waals surface area contributed by atoms with Crippen LogP contribution < -0.4 is 0 Å². The van der Waals surface area contributed by atoms with Crippen LogP contribution >= 0.6 is 0 Å². The van der Waals surface area contributed by atoms with Crippen molar-refractivity contribution >= 4 is 19.4 Å². The van der Waals surface area contributed by atoms with Gasteiger partial charge in [0.1, 0.15) is 19.4 Å². The Morgan fingerprint density at radius 1 is 1.38 bits per heavy atom. The van der Waals surface area contributed by atoms with Crippen LogP contribution in [0.15, 0.2) is 0 Å². The molecule has 2 aliphatic rings. The van der Waals surface area contributed by atoms with E-state index in [0.29, 0.717) is 30.3 Å². The first-order valence-corrected chi connectivity index (χ1v) is 5.12. The van der Waals surface area contributed by atoms with Gasteiger partial charge in [0.2, 0.25) is 0 Å². The summed E-state index contributed by atoms with van der Waals surface area (Å²) in [6, 6.07) is 0. The van der Waals surface area contributed by atoms with Gasteiger partial charge in [0.25, 0.3) is 0 Å². The van der Waals surface area contributed by atoms with Gasteiger partial charge in [-0.25, -0.2) is 0 Å². The van der Waals surface area contributed by atoms with Gasteiger partial charge in [-0.3, -0.25) is 4.79 Å². The molecule has 0 heterocycles.